The van der Waals surface area contributed by atoms with Gasteiger partial charge in [0.2, 0.25) is 10.0 Å². The van der Waals surface area contributed by atoms with E-state index in [-0.39, 0.29) is 5.75 Å². The quantitative estimate of drug-likeness (QED) is 0.770. The number of rotatable bonds is 7. The second-order valence-electron chi connectivity index (χ2n) is 4.70. The van der Waals surface area contributed by atoms with Gasteiger partial charge in [-0.1, -0.05) is 13.8 Å². The Hall–Kier alpha value is -0.920. The standard InChI is InChI=1S/C11H22N4O2S/c1-10(2)12-5-6-18(16,17)15(4)9-11-7-13-14(3)8-11/h7-8,10,12H,5-6,9H2,1-4H3. The Morgan fingerprint density at radius 1 is 1.50 bits per heavy atom. The van der Waals surface area contributed by atoms with Crippen LogP contribution in [0.15, 0.2) is 12.4 Å². The van der Waals surface area contributed by atoms with E-state index >= 15 is 0 Å². The van der Waals surface area contributed by atoms with Crippen molar-refractivity contribution in [3.8, 4) is 0 Å². The number of sulfonamides is 1. The summed E-state index contributed by atoms with van der Waals surface area (Å²) in [5.41, 5.74) is 0.889. The summed E-state index contributed by atoms with van der Waals surface area (Å²) in [6, 6.07) is 0.295. The summed E-state index contributed by atoms with van der Waals surface area (Å²) in [6.45, 7) is 4.81. The summed E-state index contributed by atoms with van der Waals surface area (Å²) in [6.07, 6.45) is 3.50. The summed E-state index contributed by atoms with van der Waals surface area (Å²) in [4.78, 5) is 0. The Kier molecular flexibility index (Phi) is 5.30. The van der Waals surface area contributed by atoms with Gasteiger partial charge in [-0.25, -0.2) is 12.7 Å². The highest BCUT2D eigenvalue weighted by Crippen LogP contribution is 2.06. The van der Waals surface area contributed by atoms with Crippen LogP contribution >= 0.6 is 0 Å². The molecule has 0 fully saturated rings. The normalized spacial score (nSPS) is 12.6. The number of aryl methyl sites for hydroxylation is 1. The van der Waals surface area contributed by atoms with Gasteiger partial charge in [0.05, 0.1) is 11.9 Å². The first-order valence-electron chi connectivity index (χ1n) is 5.96. The zero-order chi connectivity index (χ0) is 13.8. The van der Waals surface area contributed by atoms with E-state index in [0.29, 0.717) is 19.1 Å². The molecule has 0 spiro atoms. The molecule has 104 valence electrons. The molecule has 1 aromatic heterocycles. The highest BCUT2D eigenvalue weighted by Gasteiger charge is 2.18. The molecule has 0 aliphatic carbocycles. The molecule has 1 heterocycles. The lowest BCUT2D eigenvalue weighted by Gasteiger charge is -2.17. The third kappa shape index (κ3) is 4.75. The van der Waals surface area contributed by atoms with Crippen LogP contribution in [0.1, 0.15) is 19.4 Å². The SMILES string of the molecule is CC(C)NCCS(=O)(=O)N(C)Cc1cnn(C)c1. The van der Waals surface area contributed by atoms with E-state index in [9.17, 15) is 8.42 Å². The molecule has 0 radical (unpaired) electrons. The average Bonchev–Trinajstić information content (AvgIpc) is 2.63. The van der Waals surface area contributed by atoms with E-state index in [1.54, 1.807) is 17.9 Å². The van der Waals surface area contributed by atoms with Gasteiger partial charge in [0.25, 0.3) is 0 Å². The minimum atomic E-state index is -3.21. The Bertz CT molecular complexity index is 467. The maximum atomic E-state index is 12.0. The molecule has 0 atom stereocenters. The van der Waals surface area contributed by atoms with E-state index in [4.69, 9.17) is 0 Å². The molecule has 7 heteroatoms. The van der Waals surface area contributed by atoms with Gasteiger partial charge in [-0.15, -0.1) is 0 Å². The topological polar surface area (TPSA) is 67.2 Å². The predicted octanol–water partition coefficient (Wildman–Crippen LogP) is 0.180. The van der Waals surface area contributed by atoms with E-state index in [0.717, 1.165) is 5.56 Å². The zero-order valence-electron chi connectivity index (χ0n) is 11.4. The lowest BCUT2D eigenvalue weighted by molar-refractivity contribution is 0.463. The van der Waals surface area contributed by atoms with Crippen LogP contribution in [-0.4, -0.2) is 47.9 Å². The lowest BCUT2D eigenvalue weighted by Crippen LogP contribution is -2.35. The molecule has 1 aromatic rings. The number of nitrogens with one attached hydrogen (secondary N) is 1. The second-order valence-corrected chi connectivity index (χ2v) is 6.90. The van der Waals surface area contributed by atoms with Crippen LogP contribution in [0.4, 0.5) is 0 Å². The van der Waals surface area contributed by atoms with E-state index < -0.39 is 10.0 Å². The summed E-state index contributed by atoms with van der Waals surface area (Å²) in [5, 5.41) is 7.12. The van der Waals surface area contributed by atoms with Crippen molar-refractivity contribution in [1.82, 2.24) is 19.4 Å². The molecule has 0 aliphatic rings. The average molecular weight is 274 g/mol. The minimum Gasteiger partial charge on any atom is -0.313 e. The molecule has 1 N–H and O–H groups in total. The first-order valence-corrected chi connectivity index (χ1v) is 7.57. The molecule has 6 nitrogen and oxygen atoms in total. The summed E-state index contributed by atoms with van der Waals surface area (Å²) < 4.78 is 27.0. The Morgan fingerprint density at radius 3 is 2.67 bits per heavy atom. The Balaban J connectivity index is 2.51. The molecule has 18 heavy (non-hydrogen) atoms. The van der Waals surface area contributed by atoms with Crippen LogP contribution in [0.5, 0.6) is 0 Å². The minimum absolute atomic E-state index is 0.113. The van der Waals surface area contributed by atoms with Crippen LogP contribution in [0, 0.1) is 0 Å². The van der Waals surface area contributed by atoms with Gasteiger partial charge in [-0.3, -0.25) is 4.68 Å². The molecule has 1 rings (SSSR count). The molecule has 0 unspecified atom stereocenters. The fraction of sp³-hybridized carbons (Fsp3) is 0.727. The van der Waals surface area contributed by atoms with Gasteiger partial charge in [-0.2, -0.15) is 5.10 Å². The van der Waals surface area contributed by atoms with Gasteiger partial charge in [0.1, 0.15) is 0 Å². The maximum Gasteiger partial charge on any atom is 0.215 e. The monoisotopic (exact) mass is 274 g/mol. The van der Waals surface area contributed by atoms with Crippen LogP contribution in [0.2, 0.25) is 0 Å². The van der Waals surface area contributed by atoms with Crippen LogP contribution in [0.3, 0.4) is 0 Å². The van der Waals surface area contributed by atoms with E-state index in [1.165, 1.54) is 4.31 Å². The summed E-state index contributed by atoms with van der Waals surface area (Å²) in [7, 11) is 0.194. The first kappa shape index (κ1) is 15.1. The fourth-order valence-corrected chi connectivity index (χ4v) is 2.57. The summed E-state index contributed by atoms with van der Waals surface area (Å²) in [5.74, 6) is 0.113. The van der Waals surface area contributed by atoms with Crippen molar-refractivity contribution in [2.75, 3.05) is 19.3 Å². The third-order valence-electron chi connectivity index (χ3n) is 2.55. The van der Waals surface area contributed by atoms with Gasteiger partial charge in [-0.05, 0) is 0 Å². The molecule has 0 aromatic carbocycles. The first-order chi connectivity index (χ1) is 8.31. The lowest BCUT2D eigenvalue weighted by atomic mass is 10.4. The molecule has 0 bridgehead atoms. The Labute approximate surface area is 109 Å². The van der Waals surface area contributed by atoms with Crippen molar-refractivity contribution in [3.63, 3.8) is 0 Å². The van der Waals surface area contributed by atoms with Crippen molar-refractivity contribution < 1.29 is 8.42 Å². The van der Waals surface area contributed by atoms with Crippen molar-refractivity contribution in [1.29, 1.82) is 0 Å². The maximum absolute atomic E-state index is 12.0. The van der Waals surface area contributed by atoms with Crippen molar-refractivity contribution in [3.05, 3.63) is 18.0 Å². The Morgan fingerprint density at radius 2 is 2.17 bits per heavy atom. The van der Waals surface area contributed by atoms with Crippen LogP contribution < -0.4 is 5.32 Å². The van der Waals surface area contributed by atoms with Crippen molar-refractivity contribution in [2.45, 2.75) is 26.4 Å². The van der Waals surface area contributed by atoms with E-state index in [1.807, 2.05) is 27.1 Å². The fourth-order valence-electron chi connectivity index (χ4n) is 1.54. The number of hydrogen-bond donors (Lipinski definition) is 1. The van der Waals surface area contributed by atoms with Gasteiger partial charge in [0.15, 0.2) is 0 Å². The predicted molar refractivity (Wildman–Crippen MR) is 71.6 cm³/mol. The van der Waals surface area contributed by atoms with Gasteiger partial charge in [0, 0.05) is 45.0 Å². The van der Waals surface area contributed by atoms with Gasteiger partial charge >= 0.3 is 0 Å². The second kappa shape index (κ2) is 6.31. The third-order valence-corrected chi connectivity index (χ3v) is 4.35. The number of aromatic nitrogens is 2. The summed E-state index contributed by atoms with van der Waals surface area (Å²) >= 11 is 0. The zero-order valence-corrected chi connectivity index (χ0v) is 12.2. The van der Waals surface area contributed by atoms with Crippen LogP contribution in [-0.2, 0) is 23.6 Å². The van der Waals surface area contributed by atoms with E-state index in [2.05, 4.69) is 10.4 Å². The largest absolute Gasteiger partial charge is 0.313 e. The van der Waals surface area contributed by atoms with Crippen molar-refractivity contribution in [2.24, 2.45) is 7.05 Å². The van der Waals surface area contributed by atoms with Crippen LogP contribution in [0.25, 0.3) is 0 Å². The molecule has 0 saturated heterocycles. The molecule has 0 aliphatic heterocycles. The molecular weight excluding hydrogens is 252 g/mol. The van der Waals surface area contributed by atoms with Crippen molar-refractivity contribution >= 4 is 10.0 Å². The van der Waals surface area contributed by atoms with Gasteiger partial charge < -0.3 is 5.32 Å². The highest BCUT2D eigenvalue weighted by molar-refractivity contribution is 7.89. The number of nitrogens with zero attached hydrogens (tertiary/aromatic N) is 3. The highest BCUT2D eigenvalue weighted by atomic mass is 32.2. The molecular formula is C11H22N4O2S. The molecule has 0 saturated carbocycles. The molecule has 0 amide bonds. The smallest absolute Gasteiger partial charge is 0.215 e. The number of hydrogen-bond acceptors (Lipinski definition) is 4.